The number of methoxy groups -OCH3 is 1. The van der Waals surface area contributed by atoms with E-state index in [0.29, 0.717) is 12.2 Å². The van der Waals surface area contributed by atoms with E-state index in [4.69, 9.17) is 4.74 Å². The molecule has 0 spiro atoms. The first kappa shape index (κ1) is 13.3. The summed E-state index contributed by atoms with van der Waals surface area (Å²) in [5.41, 5.74) is 3.58. The molecule has 0 amide bonds. The molecule has 0 saturated carbocycles. The number of carbonyl (C=O) groups is 1. The first-order valence-electron chi connectivity index (χ1n) is 6.67. The van der Waals surface area contributed by atoms with Crippen molar-refractivity contribution >= 4 is 17.3 Å². The van der Waals surface area contributed by atoms with E-state index >= 15 is 0 Å². The van der Waals surface area contributed by atoms with E-state index < -0.39 is 5.97 Å². The zero-order valence-electron chi connectivity index (χ0n) is 11.3. The van der Waals surface area contributed by atoms with Gasteiger partial charge in [0, 0.05) is 16.9 Å². The SMILES string of the molecule is COCc1ccccc1-c1sc2c(c1C(=O)O)CCC2. The summed E-state index contributed by atoms with van der Waals surface area (Å²) in [7, 11) is 1.66. The van der Waals surface area contributed by atoms with Gasteiger partial charge in [-0.3, -0.25) is 0 Å². The summed E-state index contributed by atoms with van der Waals surface area (Å²) < 4.78 is 5.22. The fraction of sp³-hybridized carbons (Fsp3) is 0.312. The van der Waals surface area contributed by atoms with Gasteiger partial charge in [0.25, 0.3) is 0 Å². The average molecular weight is 288 g/mol. The Morgan fingerprint density at radius 2 is 2.15 bits per heavy atom. The molecule has 3 nitrogen and oxygen atoms in total. The zero-order chi connectivity index (χ0) is 14.1. The monoisotopic (exact) mass is 288 g/mol. The van der Waals surface area contributed by atoms with Gasteiger partial charge in [0.05, 0.1) is 12.2 Å². The van der Waals surface area contributed by atoms with Crippen LogP contribution in [0, 0.1) is 0 Å². The molecule has 0 radical (unpaired) electrons. The summed E-state index contributed by atoms with van der Waals surface area (Å²) in [4.78, 5) is 13.8. The Balaban J connectivity index is 2.18. The van der Waals surface area contributed by atoms with Crippen LogP contribution in [-0.2, 0) is 24.2 Å². The van der Waals surface area contributed by atoms with Gasteiger partial charge < -0.3 is 9.84 Å². The van der Waals surface area contributed by atoms with Gasteiger partial charge in [-0.1, -0.05) is 24.3 Å². The second kappa shape index (κ2) is 5.38. The molecule has 1 heterocycles. The predicted molar refractivity (Wildman–Crippen MR) is 79.5 cm³/mol. The molecule has 4 heteroatoms. The molecule has 0 bridgehead atoms. The molecular weight excluding hydrogens is 272 g/mol. The highest BCUT2D eigenvalue weighted by molar-refractivity contribution is 7.16. The van der Waals surface area contributed by atoms with Gasteiger partial charge in [-0.05, 0) is 36.0 Å². The zero-order valence-corrected chi connectivity index (χ0v) is 12.1. The van der Waals surface area contributed by atoms with Crippen molar-refractivity contribution in [2.45, 2.75) is 25.9 Å². The van der Waals surface area contributed by atoms with Gasteiger partial charge in [-0.25, -0.2) is 4.79 Å². The largest absolute Gasteiger partial charge is 0.478 e. The Kier molecular flexibility index (Phi) is 3.59. The summed E-state index contributed by atoms with van der Waals surface area (Å²) in [6.07, 6.45) is 2.97. The van der Waals surface area contributed by atoms with E-state index in [9.17, 15) is 9.90 Å². The van der Waals surface area contributed by atoms with E-state index in [1.54, 1.807) is 18.4 Å². The minimum atomic E-state index is -0.813. The molecule has 2 aromatic rings. The lowest BCUT2D eigenvalue weighted by molar-refractivity contribution is 0.0697. The third kappa shape index (κ3) is 2.15. The molecule has 0 unspecified atom stereocenters. The number of carboxylic acid groups (broad SMARTS) is 1. The molecule has 104 valence electrons. The maximum absolute atomic E-state index is 11.7. The highest BCUT2D eigenvalue weighted by atomic mass is 32.1. The number of fused-ring (bicyclic) bond motifs is 1. The van der Waals surface area contributed by atoms with E-state index in [0.717, 1.165) is 40.8 Å². The first-order valence-corrected chi connectivity index (χ1v) is 7.49. The average Bonchev–Trinajstić information content (AvgIpc) is 2.99. The number of aryl methyl sites for hydroxylation is 1. The van der Waals surface area contributed by atoms with E-state index in [2.05, 4.69) is 0 Å². The van der Waals surface area contributed by atoms with Crippen molar-refractivity contribution in [3.8, 4) is 10.4 Å². The quantitative estimate of drug-likeness (QED) is 0.932. The molecule has 20 heavy (non-hydrogen) atoms. The lowest BCUT2D eigenvalue weighted by atomic mass is 10.0. The lowest BCUT2D eigenvalue weighted by Crippen LogP contribution is -2.01. The van der Waals surface area contributed by atoms with E-state index in [-0.39, 0.29) is 0 Å². The van der Waals surface area contributed by atoms with Crippen molar-refractivity contribution in [1.82, 2.24) is 0 Å². The third-order valence-electron chi connectivity index (χ3n) is 3.70. The highest BCUT2D eigenvalue weighted by Gasteiger charge is 2.27. The third-order valence-corrected chi connectivity index (χ3v) is 5.02. The van der Waals surface area contributed by atoms with Gasteiger partial charge in [-0.2, -0.15) is 0 Å². The van der Waals surface area contributed by atoms with Crippen LogP contribution in [-0.4, -0.2) is 18.2 Å². The van der Waals surface area contributed by atoms with Crippen molar-refractivity contribution in [2.75, 3.05) is 7.11 Å². The Bertz CT molecular complexity index is 658. The van der Waals surface area contributed by atoms with Crippen molar-refractivity contribution in [1.29, 1.82) is 0 Å². The molecule has 3 rings (SSSR count). The van der Waals surface area contributed by atoms with Crippen LogP contribution in [0.25, 0.3) is 10.4 Å². The van der Waals surface area contributed by atoms with Crippen LogP contribution in [0.15, 0.2) is 24.3 Å². The number of carboxylic acids is 1. The van der Waals surface area contributed by atoms with Crippen LogP contribution in [0.1, 0.15) is 32.8 Å². The molecule has 0 atom stereocenters. The second-order valence-corrected chi connectivity index (χ2v) is 6.06. The molecule has 1 aromatic heterocycles. The minimum absolute atomic E-state index is 0.498. The van der Waals surface area contributed by atoms with Gasteiger partial charge in [0.1, 0.15) is 0 Å². The van der Waals surface area contributed by atoms with Crippen molar-refractivity contribution in [2.24, 2.45) is 0 Å². The van der Waals surface area contributed by atoms with Crippen LogP contribution in [0.4, 0.5) is 0 Å². The number of rotatable bonds is 4. The lowest BCUT2D eigenvalue weighted by Gasteiger charge is -2.09. The summed E-state index contributed by atoms with van der Waals surface area (Å²) >= 11 is 1.63. The number of hydrogen-bond donors (Lipinski definition) is 1. The standard InChI is InChI=1S/C16H16O3S/c1-19-9-10-5-2-3-6-11(10)15-14(16(17)18)12-7-4-8-13(12)20-15/h2-3,5-6H,4,7-9H2,1H3,(H,17,18). The Morgan fingerprint density at radius 1 is 1.35 bits per heavy atom. The van der Waals surface area contributed by atoms with Crippen LogP contribution in [0.3, 0.4) is 0 Å². The molecule has 1 aromatic carbocycles. The topological polar surface area (TPSA) is 46.5 Å². The molecule has 1 aliphatic carbocycles. The number of thiophene rings is 1. The van der Waals surface area contributed by atoms with Crippen LogP contribution >= 0.6 is 11.3 Å². The number of benzene rings is 1. The second-order valence-electron chi connectivity index (χ2n) is 4.96. The normalized spacial score (nSPS) is 13.4. The van der Waals surface area contributed by atoms with Crippen molar-refractivity contribution in [3.63, 3.8) is 0 Å². The van der Waals surface area contributed by atoms with Gasteiger partial charge in [0.15, 0.2) is 0 Å². The first-order chi connectivity index (χ1) is 9.72. The predicted octanol–water partition coefficient (Wildman–Crippen LogP) is 3.75. The van der Waals surface area contributed by atoms with Gasteiger partial charge >= 0.3 is 5.97 Å². The van der Waals surface area contributed by atoms with Crippen LogP contribution in [0.2, 0.25) is 0 Å². The van der Waals surface area contributed by atoms with E-state index in [1.165, 1.54) is 4.88 Å². The molecule has 1 aliphatic rings. The summed E-state index contributed by atoms with van der Waals surface area (Å²) in [5.74, 6) is -0.813. The summed E-state index contributed by atoms with van der Waals surface area (Å²) in [6.45, 7) is 0.498. The number of aromatic carboxylic acids is 1. The molecular formula is C16H16O3S. The summed E-state index contributed by atoms with van der Waals surface area (Å²) in [6, 6.07) is 7.89. The van der Waals surface area contributed by atoms with E-state index in [1.807, 2.05) is 24.3 Å². The fourth-order valence-electron chi connectivity index (χ4n) is 2.84. The molecule has 0 aliphatic heterocycles. The van der Waals surface area contributed by atoms with Crippen molar-refractivity contribution < 1.29 is 14.6 Å². The number of ether oxygens (including phenoxy) is 1. The number of hydrogen-bond acceptors (Lipinski definition) is 3. The summed E-state index contributed by atoms with van der Waals surface area (Å²) in [5, 5.41) is 9.58. The smallest absolute Gasteiger partial charge is 0.337 e. The maximum atomic E-state index is 11.7. The fourth-order valence-corrected chi connectivity index (χ4v) is 4.29. The Morgan fingerprint density at radius 3 is 2.90 bits per heavy atom. The molecule has 1 N–H and O–H groups in total. The van der Waals surface area contributed by atoms with Crippen molar-refractivity contribution in [3.05, 3.63) is 45.8 Å². The van der Waals surface area contributed by atoms with Crippen LogP contribution < -0.4 is 0 Å². The maximum Gasteiger partial charge on any atom is 0.337 e. The van der Waals surface area contributed by atoms with Gasteiger partial charge in [-0.15, -0.1) is 11.3 Å². The van der Waals surface area contributed by atoms with Gasteiger partial charge in [0.2, 0.25) is 0 Å². The molecule has 0 fully saturated rings. The minimum Gasteiger partial charge on any atom is -0.478 e. The Hall–Kier alpha value is -1.65. The Labute approximate surface area is 121 Å². The van der Waals surface area contributed by atoms with Crippen LogP contribution in [0.5, 0.6) is 0 Å². The molecule has 0 saturated heterocycles. The highest BCUT2D eigenvalue weighted by Crippen LogP contribution is 2.42.